The van der Waals surface area contributed by atoms with E-state index in [1.54, 1.807) is 6.07 Å². The first-order chi connectivity index (χ1) is 8.17. The Morgan fingerprint density at radius 2 is 2.06 bits per heavy atom. The highest BCUT2D eigenvalue weighted by Crippen LogP contribution is 2.17. The van der Waals surface area contributed by atoms with Crippen LogP contribution in [-0.4, -0.2) is 23.3 Å². The first kappa shape index (κ1) is 15.1. The van der Waals surface area contributed by atoms with Gasteiger partial charge in [-0.15, -0.1) is 0 Å². The van der Waals surface area contributed by atoms with Gasteiger partial charge in [0.05, 0.1) is 0 Å². The van der Waals surface area contributed by atoms with Crippen molar-refractivity contribution in [1.82, 2.24) is 4.90 Å². The topological polar surface area (TPSA) is 3.24 Å². The summed E-state index contributed by atoms with van der Waals surface area (Å²) in [6, 6.07) is 5.12. The highest BCUT2D eigenvalue weighted by atomic mass is 79.9. The van der Waals surface area contributed by atoms with Crippen molar-refractivity contribution < 1.29 is 4.39 Å². The van der Waals surface area contributed by atoms with Crippen LogP contribution in [-0.2, 0) is 6.54 Å². The Balaban J connectivity index is 2.67. The van der Waals surface area contributed by atoms with Crippen LogP contribution in [0.25, 0.3) is 0 Å². The summed E-state index contributed by atoms with van der Waals surface area (Å²) in [7, 11) is 0. The molecule has 4 heteroatoms. The number of halogens is 3. The van der Waals surface area contributed by atoms with Crippen LogP contribution in [0.15, 0.2) is 22.7 Å². The minimum atomic E-state index is -0.121. The Bertz CT molecular complexity index is 344. The normalized spacial score (nSPS) is 11.1. The molecule has 0 saturated carbocycles. The lowest BCUT2D eigenvalue weighted by atomic mass is 10.2. The van der Waals surface area contributed by atoms with Gasteiger partial charge in [-0.25, -0.2) is 4.39 Å². The highest BCUT2D eigenvalue weighted by Gasteiger charge is 2.09. The zero-order valence-corrected chi connectivity index (χ0v) is 13.2. The quantitative estimate of drug-likeness (QED) is 0.638. The molecule has 0 heterocycles. The van der Waals surface area contributed by atoms with Crippen LogP contribution < -0.4 is 0 Å². The minimum Gasteiger partial charge on any atom is -0.298 e. The fourth-order valence-electron chi connectivity index (χ4n) is 1.68. The summed E-state index contributed by atoms with van der Waals surface area (Å²) in [5.41, 5.74) is 0.761. The number of alkyl halides is 1. The summed E-state index contributed by atoms with van der Waals surface area (Å²) < 4.78 is 14.6. The summed E-state index contributed by atoms with van der Waals surface area (Å²) in [6.45, 7) is 4.82. The fourth-order valence-corrected chi connectivity index (χ4v) is 2.59. The van der Waals surface area contributed by atoms with Crippen LogP contribution in [0.1, 0.15) is 25.3 Å². The van der Waals surface area contributed by atoms with Crippen LogP contribution in [0.5, 0.6) is 0 Å². The van der Waals surface area contributed by atoms with Crippen molar-refractivity contribution in [2.45, 2.75) is 26.3 Å². The lowest BCUT2D eigenvalue weighted by Crippen LogP contribution is -2.26. The Kier molecular flexibility index (Phi) is 7.32. The standard InChI is InChI=1S/C13H18Br2FN/c1-2-3-7-17(8-6-14)10-11-9-12(15)4-5-13(11)16/h4-5,9H,2-3,6-8,10H2,1H3. The van der Waals surface area contributed by atoms with E-state index in [-0.39, 0.29) is 5.82 Å². The van der Waals surface area contributed by atoms with Gasteiger partial charge in [-0.1, -0.05) is 45.2 Å². The molecular weight excluding hydrogens is 349 g/mol. The number of rotatable bonds is 7. The molecule has 0 N–H and O–H groups in total. The Morgan fingerprint density at radius 1 is 1.29 bits per heavy atom. The van der Waals surface area contributed by atoms with E-state index in [0.717, 1.165) is 34.9 Å². The minimum absolute atomic E-state index is 0.121. The van der Waals surface area contributed by atoms with Crippen molar-refractivity contribution in [3.8, 4) is 0 Å². The van der Waals surface area contributed by atoms with E-state index in [1.807, 2.05) is 6.07 Å². The zero-order chi connectivity index (χ0) is 12.7. The van der Waals surface area contributed by atoms with Gasteiger partial charge in [0.15, 0.2) is 0 Å². The van der Waals surface area contributed by atoms with Gasteiger partial charge in [0.25, 0.3) is 0 Å². The van der Waals surface area contributed by atoms with Crippen molar-refractivity contribution in [3.05, 3.63) is 34.1 Å². The van der Waals surface area contributed by atoms with E-state index < -0.39 is 0 Å². The molecule has 0 aliphatic heterocycles. The predicted molar refractivity (Wildman–Crippen MR) is 78.1 cm³/mol. The molecule has 0 fully saturated rings. The lowest BCUT2D eigenvalue weighted by Gasteiger charge is -2.21. The summed E-state index contributed by atoms with van der Waals surface area (Å²) in [6.07, 6.45) is 2.32. The maximum Gasteiger partial charge on any atom is 0.127 e. The first-order valence-electron chi connectivity index (χ1n) is 5.89. The summed E-state index contributed by atoms with van der Waals surface area (Å²) in [4.78, 5) is 2.28. The van der Waals surface area contributed by atoms with E-state index in [1.165, 1.54) is 12.5 Å². The van der Waals surface area contributed by atoms with Gasteiger partial charge >= 0.3 is 0 Å². The molecule has 1 aromatic rings. The van der Waals surface area contributed by atoms with E-state index in [0.29, 0.717) is 6.54 Å². The molecule has 0 unspecified atom stereocenters. The summed E-state index contributed by atoms with van der Waals surface area (Å²) in [5.74, 6) is -0.121. The molecule has 0 atom stereocenters. The molecule has 0 radical (unpaired) electrons. The van der Waals surface area contributed by atoms with E-state index in [2.05, 4.69) is 43.7 Å². The van der Waals surface area contributed by atoms with Gasteiger partial charge in [0, 0.05) is 28.5 Å². The smallest absolute Gasteiger partial charge is 0.127 e. The van der Waals surface area contributed by atoms with Gasteiger partial charge in [-0.2, -0.15) is 0 Å². The second kappa shape index (κ2) is 8.22. The molecule has 17 heavy (non-hydrogen) atoms. The second-order valence-electron chi connectivity index (χ2n) is 4.05. The summed E-state index contributed by atoms with van der Waals surface area (Å²) in [5, 5.41) is 0.923. The van der Waals surface area contributed by atoms with Gasteiger partial charge in [-0.3, -0.25) is 4.90 Å². The Hall–Kier alpha value is 0.0700. The predicted octanol–water partition coefficient (Wildman–Crippen LogP) is 4.59. The van der Waals surface area contributed by atoms with E-state index >= 15 is 0 Å². The number of unbranched alkanes of at least 4 members (excludes halogenated alkanes) is 1. The van der Waals surface area contributed by atoms with E-state index in [4.69, 9.17) is 0 Å². The van der Waals surface area contributed by atoms with Crippen molar-refractivity contribution >= 4 is 31.9 Å². The third kappa shape index (κ3) is 5.49. The van der Waals surface area contributed by atoms with Crippen LogP contribution in [0.2, 0.25) is 0 Å². The maximum atomic E-state index is 13.6. The molecule has 1 nitrogen and oxygen atoms in total. The van der Waals surface area contributed by atoms with Crippen LogP contribution in [0.4, 0.5) is 4.39 Å². The molecular formula is C13H18Br2FN. The molecule has 0 bridgehead atoms. The number of benzene rings is 1. The van der Waals surface area contributed by atoms with Crippen molar-refractivity contribution in [1.29, 1.82) is 0 Å². The van der Waals surface area contributed by atoms with Crippen molar-refractivity contribution in [2.75, 3.05) is 18.4 Å². The largest absolute Gasteiger partial charge is 0.298 e. The SMILES string of the molecule is CCCCN(CCBr)Cc1cc(Br)ccc1F. The van der Waals surface area contributed by atoms with E-state index in [9.17, 15) is 4.39 Å². The Morgan fingerprint density at radius 3 is 2.71 bits per heavy atom. The number of hydrogen-bond acceptors (Lipinski definition) is 1. The first-order valence-corrected chi connectivity index (χ1v) is 7.81. The fraction of sp³-hybridized carbons (Fsp3) is 0.538. The molecule has 96 valence electrons. The molecule has 0 spiro atoms. The van der Waals surface area contributed by atoms with Gasteiger partial charge < -0.3 is 0 Å². The molecule has 0 aliphatic rings. The molecule has 0 aromatic heterocycles. The van der Waals surface area contributed by atoms with Crippen LogP contribution in [0, 0.1) is 5.82 Å². The highest BCUT2D eigenvalue weighted by molar-refractivity contribution is 9.10. The molecule has 0 amide bonds. The van der Waals surface area contributed by atoms with Gasteiger partial charge in [0.2, 0.25) is 0 Å². The van der Waals surface area contributed by atoms with Crippen LogP contribution in [0.3, 0.4) is 0 Å². The molecule has 1 aromatic carbocycles. The Labute approximate surface area is 120 Å². The summed E-state index contributed by atoms with van der Waals surface area (Å²) >= 11 is 6.83. The van der Waals surface area contributed by atoms with Crippen LogP contribution >= 0.6 is 31.9 Å². The molecule has 0 aliphatic carbocycles. The average molecular weight is 367 g/mol. The monoisotopic (exact) mass is 365 g/mol. The van der Waals surface area contributed by atoms with Crippen molar-refractivity contribution in [2.24, 2.45) is 0 Å². The van der Waals surface area contributed by atoms with Gasteiger partial charge in [0.1, 0.15) is 5.82 Å². The second-order valence-corrected chi connectivity index (χ2v) is 5.76. The average Bonchev–Trinajstić information content (AvgIpc) is 2.31. The molecule has 1 rings (SSSR count). The number of hydrogen-bond donors (Lipinski definition) is 0. The zero-order valence-electron chi connectivity index (χ0n) is 10.1. The lowest BCUT2D eigenvalue weighted by molar-refractivity contribution is 0.274. The molecule has 0 saturated heterocycles. The van der Waals surface area contributed by atoms with Crippen molar-refractivity contribution in [3.63, 3.8) is 0 Å². The maximum absolute atomic E-state index is 13.6. The third-order valence-corrected chi connectivity index (χ3v) is 3.48. The van der Waals surface area contributed by atoms with Gasteiger partial charge in [-0.05, 0) is 31.2 Å². The number of nitrogens with zero attached hydrogens (tertiary/aromatic N) is 1. The third-order valence-electron chi connectivity index (χ3n) is 2.63.